The van der Waals surface area contributed by atoms with Crippen molar-refractivity contribution in [2.45, 2.75) is 6.92 Å². The quantitative estimate of drug-likeness (QED) is 0.692. The van der Waals surface area contributed by atoms with Crippen molar-refractivity contribution >= 4 is 16.9 Å². The minimum atomic E-state index is -0.838. The zero-order valence-corrected chi connectivity index (χ0v) is 14.1. The van der Waals surface area contributed by atoms with Crippen molar-refractivity contribution < 1.29 is 28.9 Å². The van der Waals surface area contributed by atoms with Gasteiger partial charge >= 0.3 is 5.97 Å². The van der Waals surface area contributed by atoms with Gasteiger partial charge in [-0.15, -0.1) is 0 Å². The molecule has 2 aromatic carbocycles. The van der Waals surface area contributed by atoms with Gasteiger partial charge in [-0.05, 0) is 13.0 Å². The van der Waals surface area contributed by atoms with Crippen LogP contribution >= 0.6 is 0 Å². The Morgan fingerprint density at radius 3 is 2.62 bits per heavy atom. The Hall–Kier alpha value is -3.48. The molecule has 0 unspecified atom stereocenters. The van der Waals surface area contributed by atoms with Gasteiger partial charge in [0.25, 0.3) is 0 Å². The Bertz CT molecular complexity index is 1050. The van der Waals surface area contributed by atoms with E-state index in [1.807, 2.05) is 0 Å². The van der Waals surface area contributed by atoms with E-state index in [0.717, 1.165) is 12.1 Å². The smallest absolute Gasteiger partial charge is 0.375 e. The molecule has 134 valence electrons. The number of hydrogen-bond donors (Lipinski definition) is 2. The summed E-state index contributed by atoms with van der Waals surface area (Å²) in [5.41, 5.74) is -0.541. The number of hydrogen-bond acceptors (Lipinski definition) is 7. The van der Waals surface area contributed by atoms with Crippen LogP contribution in [-0.4, -0.2) is 29.9 Å². The molecule has 0 saturated heterocycles. The van der Waals surface area contributed by atoms with E-state index in [2.05, 4.69) is 0 Å². The zero-order valence-electron chi connectivity index (χ0n) is 14.1. The second-order valence-corrected chi connectivity index (χ2v) is 5.39. The molecule has 0 radical (unpaired) electrons. The number of fused-ring (bicyclic) bond motifs is 1. The minimum absolute atomic E-state index is 0.0806. The molecule has 26 heavy (non-hydrogen) atoms. The number of esters is 1. The van der Waals surface area contributed by atoms with E-state index in [9.17, 15) is 19.8 Å². The molecule has 1 heterocycles. The van der Waals surface area contributed by atoms with Gasteiger partial charge < -0.3 is 24.1 Å². The number of methoxy groups -OCH3 is 1. The molecule has 0 amide bonds. The van der Waals surface area contributed by atoms with Gasteiger partial charge in [0, 0.05) is 17.7 Å². The Morgan fingerprint density at radius 1 is 1.19 bits per heavy atom. The molecule has 0 saturated carbocycles. The summed E-state index contributed by atoms with van der Waals surface area (Å²) in [5, 5.41) is 19.6. The van der Waals surface area contributed by atoms with Crippen LogP contribution in [0.3, 0.4) is 0 Å². The van der Waals surface area contributed by atoms with Crippen molar-refractivity contribution in [3.05, 3.63) is 52.4 Å². The number of rotatable bonds is 4. The normalized spacial score (nSPS) is 10.7. The Kier molecular flexibility index (Phi) is 4.53. The lowest BCUT2D eigenvalue weighted by Crippen LogP contribution is -2.15. The van der Waals surface area contributed by atoms with Crippen LogP contribution in [0.2, 0.25) is 0 Å². The third-order valence-corrected chi connectivity index (χ3v) is 3.80. The lowest BCUT2D eigenvalue weighted by Gasteiger charge is -2.13. The first-order chi connectivity index (χ1) is 12.5. The molecule has 0 atom stereocenters. The molecule has 0 fully saturated rings. The minimum Gasteiger partial charge on any atom is -0.508 e. The van der Waals surface area contributed by atoms with Gasteiger partial charge in [0.15, 0.2) is 0 Å². The summed E-state index contributed by atoms with van der Waals surface area (Å²) < 4.78 is 15.8. The maximum atomic E-state index is 13.1. The van der Waals surface area contributed by atoms with Gasteiger partial charge in [-0.1, -0.05) is 18.2 Å². The van der Waals surface area contributed by atoms with E-state index >= 15 is 0 Å². The standard InChI is InChI=1S/C19H16O7/c1-3-25-19(23)18-15(11-6-4-5-7-13(11)24-2)17(22)16-12(21)8-10(20)9-14(16)26-18/h4-9,20-21H,3H2,1-2H3. The second-order valence-electron chi connectivity index (χ2n) is 5.39. The molecule has 0 aliphatic heterocycles. The average molecular weight is 356 g/mol. The van der Waals surface area contributed by atoms with Crippen molar-refractivity contribution in [2.75, 3.05) is 13.7 Å². The lowest BCUT2D eigenvalue weighted by molar-refractivity contribution is 0.0492. The molecular formula is C19H16O7. The first-order valence-corrected chi connectivity index (χ1v) is 7.81. The predicted octanol–water partition coefficient (Wildman–Crippen LogP) is 3.06. The monoisotopic (exact) mass is 356 g/mol. The first kappa shape index (κ1) is 17.3. The molecule has 7 nitrogen and oxygen atoms in total. The highest BCUT2D eigenvalue weighted by molar-refractivity contribution is 5.99. The van der Waals surface area contributed by atoms with Gasteiger partial charge in [0.1, 0.15) is 28.2 Å². The summed E-state index contributed by atoms with van der Waals surface area (Å²) in [6.45, 7) is 1.70. The van der Waals surface area contributed by atoms with E-state index < -0.39 is 17.1 Å². The van der Waals surface area contributed by atoms with Crippen molar-refractivity contribution in [1.29, 1.82) is 0 Å². The summed E-state index contributed by atoms with van der Waals surface area (Å²) in [4.78, 5) is 25.5. The van der Waals surface area contributed by atoms with Gasteiger partial charge in [-0.3, -0.25) is 4.79 Å². The van der Waals surface area contributed by atoms with Crippen molar-refractivity contribution in [3.63, 3.8) is 0 Å². The van der Waals surface area contributed by atoms with Crippen LogP contribution in [0.1, 0.15) is 17.5 Å². The van der Waals surface area contributed by atoms with Crippen LogP contribution < -0.4 is 10.2 Å². The summed E-state index contributed by atoms with van der Waals surface area (Å²) in [6.07, 6.45) is 0. The van der Waals surface area contributed by atoms with E-state index in [4.69, 9.17) is 13.9 Å². The lowest BCUT2D eigenvalue weighted by atomic mass is 10.0. The highest BCUT2D eigenvalue weighted by Crippen LogP contribution is 2.35. The number of carbonyl (C=O) groups excluding carboxylic acids is 1. The molecule has 0 bridgehead atoms. The Morgan fingerprint density at radius 2 is 1.92 bits per heavy atom. The SMILES string of the molecule is CCOC(=O)c1oc2cc(O)cc(O)c2c(=O)c1-c1ccccc1OC. The summed E-state index contributed by atoms with van der Waals surface area (Å²) in [6, 6.07) is 8.78. The Balaban J connectivity index is 2.46. The highest BCUT2D eigenvalue weighted by Gasteiger charge is 2.26. The summed E-state index contributed by atoms with van der Waals surface area (Å²) in [7, 11) is 1.43. The Labute approximate surface area is 148 Å². The fourth-order valence-corrected chi connectivity index (χ4v) is 2.72. The van der Waals surface area contributed by atoms with Crippen LogP contribution in [0.25, 0.3) is 22.1 Å². The van der Waals surface area contributed by atoms with Gasteiger partial charge in [0.05, 0.1) is 19.3 Å². The largest absolute Gasteiger partial charge is 0.508 e. The average Bonchev–Trinajstić information content (AvgIpc) is 2.61. The van der Waals surface area contributed by atoms with Gasteiger partial charge in [-0.2, -0.15) is 0 Å². The number of benzene rings is 2. The highest BCUT2D eigenvalue weighted by atomic mass is 16.5. The van der Waals surface area contributed by atoms with E-state index in [-0.39, 0.29) is 34.6 Å². The van der Waals surface area contributed by atoms with Crippen LogP contribution in [0.5, 0.6) is 17.2 Å². The van der Waals surface area contributed by atoms with Crippen molar-refractivity contribution in [2.24, 2.45) is 0 Å². The molecule has 7 heteroatoms. The number of phenolic OH excluding ortho intramolecular Hbond substituents is 2. The van der Waals surface area contributed by atoms with Crippen LogP contribution in [0.15, 0.2) is 45.6 Å². The fourth-order valence-electron chi connectivity index (χ4n) is 2.72. The predicted molar refractivity (Wildman–Crippen MR) is 93.8 cm³/mol. The topological polar surface area (TPSA) is 106 Å². The maximum absolute atomic E-state index is 13.1. The third kappa shape index (κ3) is 2.83. The number of carbonyl (C=O) groups is 1. The zero-order chi connectivity index (χ0) is 18.8. The molecule has 1 aromatic heterocycles. The number of phenols is 2. The molecule has 0 spiro atoms. The van der Waals surface area contributed by atoms with E-state index in [1.165, 1.54) is 7.11 Å². The number of para-hydroxylation sites is 1. The molecule has 0 aliphatic rings. The van der Waals surface area contributed by atoms with Crippen molar-refractivity contribution in [3.8, 4) is 28.4 Å². The number of ether oxygens (including phenoxy) is 2. The van der Waals surface area contributed by atoms with Crippen LogP contribution in [0.4, 0.5) is 0 Å². The maximum Gasteiger partial charge on any atom is 0.375 e. The molecule has 0 aliphatic carbocycles. The summed E-state index contributed by atoms with van der Waals surface area (Å²) in [5.74, 6) is -1.59. The molecular weight excluding hydrogens is 340 g/mol. The van der Waals surface area contributed by atoms with Crippen LogP contribution in [-0.2, 0) is 4.74 Å². The van der Waals surface area contributed by atoms with Crippen LogP contribution in [0, 0.1) is 0 Å². The van der Waals surface area contributed by atoms with Gasteiger partial charge in [-0.25, -0.2) is 4.79 Å². The molecule has 3 rings (SSSR count). The fraction of sp³-hybridized carbons (Fsp3) is 0.158. The first-order valence-electron chi connectivity index (χ1n) is 7.81. The van der Waals surface area contributed by atoms with E-state index in [1.54, 1.807) is 31.2 Å². The molecule has 2 N–H and O–H groups in total. The third-order valence-electron chi connectivity index (χ3n) is 3.80. The second kappa shape index (κ2) is 6.79. The van der Waals surface area contributed by atoms with Crippen molar-refractivity contribution in [1.82, 2.24) is 0 Å². The number of aromatic hydroxyl groups is 2. The molecule has 3 aromatic rings. The van der Waals surface area contributed by atoms with E-state index in [0.29, 0.717) is 11.3 Å². The summed E-state index contributed by atoms with van der Waals surface area (Å²) >= 11 is 0. The van der Waals surface area contributed by atoms with Gasteiger partial charge in [0.2, 0.25) is 11.2 Å².